The van der Waals surface area contributed by atoms with Crippen LogP contribution in [0.25, 0.3) is 5.78 Å². The van der Waals surface area contributed by atoms with Crippen molar-refractivity contribution in [1.29, 1.82) is 0 Å². The molecule has 136 valence electrons. The zero-order valence-electron chi connectivity index (χ0n) is 15.0. The van der Waals surface area contributed by atoms with Crippen LogP contribution in [0.2, 0.25) is 0 Å². The van der Waals surface area contributed by atoms with E-state index in [0.717, 1.165) is 22.7 Å². The molecule has 7 nitrogen and oxygen atoms in total. The number of aromatic nitrogens is 4. The number of carbonyl (C=O) groups excluding carboxylic acids is 1. The van der Waals surface area contributed by atoms with E-state index in [1.165, 1.54) is 11.8 Å². The van der Waals surface area contributed by atoms with Gasteiger partial charge in [0.2, 0.25) is 5.91 Å². The van der Waals surface area contributed by atoms with Gasteiger partial charge in [0.1, 0.15) is 12.4 Å². The van der Waals surface area contributed by atoms with Crippen molar-refractivity contribution in [2.45, 2.75) is 25.9 Å². The molecule has 1 aromatic carbocycles. The standard InChI is InChI=1S/C18H21N5O2S/c1-12-5-4-6-15(9-12)25-8-7-19-16(24)11-26-18-22-21-17-20-13(2)10-14(3)23(17)18/h4-6,9-10H,7-8,11H2,1-3H3,(H,19,24). The smallest absolute Gasteiger partial charge is 0.256 e. The van der Waals surface area contributed by atoms with Crippen LogP contribution in [0.1, 0.15) is 17.0 Å². The third-order valence-corrected chi connectivity index (χ3v) is 4.61. The molecule has 2 heterocycles. The number of benzene rings is 1. The summed E-state index contributed by atoms with van der Waals surface area (Å²) in [4.78, 5) is 16.4. The second-order valence-electron chi connectivity index (χ2n) is 5.96. The first-order valence-corrected chi connectivity index (χ1v) is 9.30. The molecular weight excluding hydrogens is 350 g/mol. The van der Waals surface area contributed by atoms with Crippen molar-refractivity contribution in [3.05, 3.63) is 47.3 Å². The number of fused-ring (bicyclic) bond motifs is 1. The van der Waals surface area contributed by atoms with Crippen molar-refractivity contribution in [2.24, 2.45) is 0 Å². The molecule has 0 aliphatic heterocycles. The normalized spacial score (nSPS) is 10.9. The Morgan fingerprint density at radius 3 is 2.88 bits per heavy atom. The third kappa shape index (κ3) is 4.51. The zero-order chi connectivity index (χ0) is 18.5. The van der Waals surface area contributed by atoms with Crippen molar-refractivity contribution in [3.8, 4) is 5.75 Å². The molecule has 1 amide bonds. The summed E-state index contributed by atoms with van der Waals surface area (Å²) in [6, 6.07) is 9.79. The van der Waals surface area contributed by atoms with Crippen molar-refractivity contribution in [3.63, 3.8) is 0 Å². The number of carbonyl (C=O) groups is 1. The van der Waals surface area contributed by atoms with Gasteiger partial charge in [0.25, 0.3) is 5.78 Å². The summed E-state index contributed by atoms with van der Waals surface area (Å²) in [6.45, 7) is 6.78. The van der Waals surface area contributed by atoms with E-state index in [0.29, 0.717) is 24.1 Å². The van der Waals surface area contributed by atoms with E-state index < -0.39 is 0 Å². The molecule has 0 aliphatic rings. The first-order chi connectivity index (χ1) is 12.5. The number of aryl methyl sites for hydroxylation is 3. The second-order valence-corrected chi connectivity index (χ2v) is 6.90. The predicted octanol–water partition coefficient (Wildman–Crippen LogP) is 2.34. The van der Waals surface area contributed by atoms with Crippen molar-refractivity contribution < 1.29 is 9.53 Å². The number of hydrogen-bond donors (Lipinski definition) is 1. The van der Waals surface area contributed by atoms with Gasteiger partial charge >= 0.3 is 0 Å². The number of hydrogen-bond acceptors (Lipinski definition) is 6. The lowest BCUT2D eigenvalue weighted by Crippen LogP contribution is -2.29. The fourth-order valence-corrected chi connectivity index (χ4v) is 3.35. The predicted molar refractivity (Wildman–Crippen MR) is 101 cm³/mol. The monoisotopic (exact) mass is 371 g/mol. The highest BCUT2D eigenvalue weighted by molar-refractivity contribution is 7.99. The lowest BCUT2D eigenvalue weighted by molar-refractivity contribution is -0.118. The topological polar surface area (TPSA) is 81.4 Å². The highest BCUT2D eigenvalue weighted by Gasteiger charge is 2.12. The molecule has 0 aliphatic carbocycles. The summed E-state index contributed by atoms with van der Waals surface area (Å²) in [5.74, 6) is 1.55. The van der Waals surface area contributed by atoms with Gasteiger partial charge in [0, 0.05) is 11.4 Å². The van der Waals surface area contributed by atoms with E-state index in [9.17, 15) is 4.79 Å². The van der Waals surface area contributed by atoms with Crippen LogP contribution in [-0.4, -0.2) is 44.4 Å². The number of nitrogens with zero attached hydrogens (tertiary/aromatic N) is 4. The fourth-order valence-electron chi connectivity index (χ4n) is 2.54. The summed E-state index contributed by atoms with van der Waals surface area (Å²) >= 11 is 1.34. The minimum Gasteiger partial charge on any atom is -0.492 e. The van der Waals surface area contributed by atoms with Gasteiger partial charge < -0.3 is 10.1 Å². The van der Waals surface area contributed by atoms with Crippen LogP contribution in [0.15, 0.2) is 35.5 Å². The Bertz CT molecular complexity index is 925. The van der Waals surface area contributed by atoms with Gasteiger partial charge in [-0.05, 0) is 44.5 Å². The number of nitrogens with one attached hydrogen (secondary N) is 1. The van der Waals surface area contributed by atoms with Crippen LogP contribution in [0, 0.1) is 20.8 Å². The maximum Gasteiger partial charge on any atom is 0.256 e. The lowest BCUT2D eigenvalue weighted by Gasteiger charge is -2.08. The maximum atomic E-state index is 12.0. The molecule has 0 saturated carbocycles. The van der Waals surface area contributed by atoms with E-state index in [-0.39, 0.29) is 11.7 Å². The molecule has 3 aromatic rings. The zero-order valence-corrected chi connectivity index (χ0v) is 15.8. The van der Waals surface area contributed by atoms with Crippen LogP contribution in [0.3, 0.4) is 0 Å². The Morgan fingerprint density at radius 1 is 1.23 bits per heavy atom. The Balaban J connectivity index is 1.46. The molecule has 0 saturated heterocycles. The highest BCUT2D eigenvalue weighted by Crippen LogP contribution is 2.18. The molecule has 8 heteroatoms. The first kappa shape index (κ1) is 18.2. The average molecular weight is 371 g/mol. The average Bonchev–Trinajstić information content (AvgIpc) is 3.00. The Labute approximate surface area is 156 Å². The molecule has 0 bridgehead atoms. The van der Waals surface area contributed by atoms with Crippen molar-refractivity contribution in [2.75, 3.05) is 18.9 Å². The molecule has 26 heavy (non-hydrogen) atoms. The van der Waals surface area contributed by atoms with Crippen LogP contribution in [0.5, 0.6) is 5.75 Å². The van der Waals surface area contributed by atoms with Gasteiger partial charge in [-0.3, -0.25) is 9.20 Å². The minimum atomic E-state index is -0.0719. The van der Waals surface area contributed by atoms with Crippen LogP contribution >= 0.6 is 11.8 Å². The van der Waals surface area contributed by atoms with Crippen molar-refractivity contribution >= 4 is 23.4 Å². The van der Waals surface area contributed by atoms with Gasteiger partial charge in [0.05, 0.1) is 12.3 Å². The van der Waals surface area contributed by atoms with E-state index in [1.807, 2.05) is 55.5 Å². The molecule has 0 unspecified atom stereocenters. The molecular formula is C18H21N5O2S. The largest absolute Gasteiger partial charge is 0.492 e. The summed E-state index contributed by atoms with van der Waals surface area (Å²) in [6.07, 6.45) is 0. The highest BCUT2D eigenvalue weighted by atomic mass is 32.2. The van der Waals surface area contributed by atoms with E-state index >= 15 is 0 Å². The van der Waals surface area contributed by atoms with E-state index in [2.05, 4.69) is 20.5 Å². The number of ether oxygens (including phenoxy) is 1. The van der Waals surface area contributed by atoms with Crippen LogP contribution in [0.4, 0.5) is 0 Å². The van der Waals surface area contributed by atoms with Crippen LogP contribution in [-0.2, 0) is 4.79 Å². The van der Waals surface area contributed by atoms with Gasteiger partial charge in [-0.15, -0.1) is 10.2 Å². The second kappa shape index (κ2) is 8.18. The summed E-state index contributed by atoms with van der Waals surface area (Å²) in [5, 5.41) is 11.7. The molecule has 1 N–H and O–H groups in total. The van der Waals surface area contributed by atoms with E-state index in [1.54, 1.807) is 0 Å². The lowest BCUT2D eigenvalue weighted by atomic mass is 10.2. The molecule has 3 rings (SSSR count). The summed E-state index contributed by atoms with van der Waals surface area (Å²) in [5.41, 5.74) is 3.03. The van der Waals surface area contributed by atoms with Gasteiger partial charge in [-0.1, -0.05) is 23.9 Å². The molecule has 0 radical (unpaired) electrons. The van der Waals surface area contributed by atoms with Gasteiger partial charge in [0.15, 0.2) is 5.16 Å². The summed E-state index contributed by atoms with van der Waals surface area (Å²) in [7, 11) is 0. The molecule has 0 spiro atoms. The van der Waals surface area contributed by atoms with Crippen LogP contribution < -0.4 is 10.1 Å². The Hall–Kier alpha value is -2.61. The molecule has 2 aromatic heterocycles. The maximum absolute atomic E-state index is 12.0. The SMILES string of the molecule is Cc1cccc(OCCNC(=O)CSc2nnc3nc(C)cc(C)n23)c1. The number of thioether (sulfide) groups is 1. The minimum absolute atomic E-state index is 0.0719. The summed E-state index contributed by atoms with van der Waals surface area (Å²) < 4.78 is 7.47. The Kier molecular flexibility index (Phi) is 5.72. The van der Waals surface area contributed by atoms with E-state index in [4.69, 9.17) is 4.74 Å². The van der Waals surface area contributed by atoms with Gasteiger partial charge in [-0.25, -0.2) is 4.98 Å². The van der Waals surface area contributed by atoms with Gasteiger partial charge in [-0.2, -0.15) is 0 Å². The Morgan fingerprint density at radius 2 is 2.08 bits per heavy atom. The molecule has 0 fully saturated rings. The number of amides is 1. The first-order valence-electron chi connectivity index (χ1n) is 8.31. The fraction of sp³-hybridized carbons (Fsp3) is 0.333. The number of rotatable bonds is 7. The molecule has 0 atom stereocenters. The third-order valence-electron chi connectivity index (χ3n) is 3.68. The van der Waals surface area contributed by atoms with Crippen molar-refractivity contribution in [1.82, 2.24) is 24.9 Å². The quantitative estimate of drug-likeness (QED) is 0.507.